The third-order valence-corrected chi connectivity index (χ3v) is 4.71. The Labute approximate surface area is 108 Å². The molecular weight excluding hydrogens is 248 g/mol. The predicted molar refractivity (Wildman–Crippen MR) is 73.2 cm³/mol. The first-order valence-electron chi connectivity index (χ1n) is 5.66. The van der Waals surface area contributed by atoms with Gasteiger partial charge in [-0.1, -0.05) is 6.07 Å². The first kappa shape index (κ1) is 11.5. The maximum Gasteiger partial charge on any atom is 0.259 e. The molecule has 0 aliphatic heterocycles. The van der Waals surface area contributed by atoms with Crippen molar-refractivity contribution >= 4 is 33.0 Å². The molecule has 0 saturated heterocycles. The van der Waals surface area contributed by atoms with Gasteiger partial charge < -0.3 is 22.9 Å². The van der Waals surface area contributed by atoms with Crippen LogP contribution in [0.15, 0.2) is 12.1 Å². The number of amides is 1. The molecule has 0 saturated carbocycles. The summed E-state index contributed by atoms with van der Waals surface area (Å²) in [7, 11) is 0. The van der Waals surface area contributed by atoms with Gasteiger partial charge in [0.25, 0.3) is 5.91 Å². The molecule has 5 nitrogen and oxygen atoms in total. The molecule has 1 aromatic heterocycles. The van der Waals surface area contributed by atoms with Crippen molar-refractivity contribution in [3.8, 4) is 0 Å². The number of benzene rings is 1. The Bertz CT molecular complexity index is 664. The Balaban J connectivity index is 2.48. The van der Waals surface area contributed by atoms with E-state index >= 15 is 0 Å². The van der Waals surface area contributed by atoms with Crippen molar-refractivity contribution in [2.24, 2.45) is 17.2 Å². The number of thiophene rings is 1. The minimum Gasteiger partial charge on any atom is -0.398 e. The van der Waals surface area contributed by atoms with Crippen LogP contribution in [0.5, 0.6) is 0 Å². The molecule has 1 amide bonds. The molecule has 0 spiro atoms. The van der Waals surface area contributed by atoms with Gasteiger partial charge in [-0.15, -0.1) is 11.3 Å². The highest BCUT2D eigenvalue weighted by Gasteiger charge is 2.31. The van der Waals surface area contributed by atoms with Gasteiger partial charge in [0.05, 0.1) is 9.58 Å². The summed E-state index contributed by atoms with van der Waals surface area (Å²) in [5, 5.41) is 0.931. The molecule has 94 valence electrons. The lowest BCUT2D eigenvalue weighted by molar-refractivity contribution is 0.100. The number of nitrogen functional groups attached to an aromatic ring is 1. The average molecular weight is 262 g/mol. The number of rotatable bonds is 1. The third kappa shape index (κ3) is 1.37. The zero-order valence-electron chi connectivity index (χ0n) is 9.64. The summed E-state index contributed by atoms with van der Waals surface area (Å²) < 4.78 is 0.863. The summed E-state index contributed by atoms with van der Waals surface area (Å²) in [4.78, 5) is 12.0. The van der Waals surface area contributed by atoms with Crippen LogP contribution in [-0.2, 0) is 0 Å². The van der Waals surface area contributed by atoms with Gasteiger partial charge in [-0.3, -0.25) is 4.79 Å². The Kier molecular flexibility index (Phi) is 2.34. The molecule has 0 fully saturated rings. The summed E-state index contributed by atoms with van der Waals surface area (Å²) in [6.45, 7) is 0. The standard InChI is InChI=1S/C12H14N4OS/c13-5-2-1-4-6(14)3-7(15)9-8(4)10(5)18-11(9)12(16)17/h1-2,6-7H,3,13-15H2,(H2,16,17). The molecule has 0 bridgehead atoms. The van der Waals surface area contributed by atoms with E-state index in [9.17, 15) is 4.79 Å². The molecule has 18 heavy (non-hydrogen) atoms. The topological polar surface area (TPSA) is 121 Å². The lowest BCUT2D eigenvalue weighted by Gasteiger charge is -2.25. The van der Waals surface area contributed by atoms with Gasteiger partial charge in [0, 0.05) is 28.7 Å². The highest BCUT2D eigenvalue weighted by Crippen LogP contribution is 2.46. The predicted octanol–water partition coefficient (Wildman–Crippen LogP) is 0.986. The molecule has 2 unspecified atom stereocenters. The summed E-state index contributed by atoms with van der Waals surface area (Å²) in [6.07, 6.45) is 0.614. The van der Waals surface area contributed by atoms with E-state index in [0.717, 1.165) is 21.2 Å². The number of hydrogen-bond acceptors (Lipinski definition) is 5. The van der Waals surface area contributed by atoms with E-state index in [1.807, 2.05) is 12.1 Å². The van der Waals surface area contributed by atoms with Crippen LogP contribution in [0.3, 0.4) is 0 Å². The van der Waals surface area contributed by atoms with Gasteiger partial charge in [-0.2, -0.15) is 0 Å². The molecule has 1 aromatic carbocycles. The third-order valence-electron chi connectivity index (χ3n) is 3.44. The van der Waals surface area contributed by atoms with Crippen molar-refractivity contribution in [1.82, 2.24) is 0 Å². The second-order valence-electron chi connectivity index (χ2n) is 4.61. The minimum atomic E-state index is -0.456. The fourth-order valence-electron chi connectivity index (χ4n) is 2.64. The van der Waals surface area contributed by atoms with Crippen LogP contribution in [0, 0.1) is 0 Å². The summed E-state index contributed by atoms with van der Waals surface area (Å²) in [5.41, 5.74) is 26.0. The quantitative estimate of drug-likeness (QED) is 0.572. The summed E-state index contributed by atoms with van der Waals surface area (Å²) in [6, 6.07) is 3.35. The molecule has 1 aliphatic carbocycles. The number of carbonyl (C=O) groups is 1. The summed E-state index contributed by atoms with van der Waals surface area (Å²) >= 11 is 1.31. The zero-order valence-corrected chi connectivity index (χ0v) is 10.5. The van der Waals surface area contributed by atoms with Crippen molar-refractivity contribution in [2.75, 3.05) is 5.73 Å². The number of primary amides is 1. The molecular formula is C12H14N4OS. The van der Waals surface area contributed by atoms with Gasteiger partial charge in [0.15, 0.2) is 0 Å². The van der Waals surface area contributed by atoms with Gasteiger partial charge in [0.1, 0.15) is 0 Å². The van der Waals surface area contributed by atoms with Crippen LogP contribution in [-0.4, -0.2) is 5.91 Å². The van der Waals surface area contributed by atoms with E-state index in [0.29, 0.717) is 17.0 Å². The van der Waals surface area contributed by atoms with Crippen molar-refractivity contribution in [3.63, 3.8) is 0 Å². The maximum absolute atomic E-state index is 11.5. The monoisotopic (exact) mass is 262 g/mol. The van der Waals surface area contributed by atoms with Crippen molar-refractivity contribution in [1.29, 1.82) is 0 Å². The van der Waals surface area contributed by atoms with Gasteiger partial charge >= 0.3 is 0 Å². The Morgan fingerprint density at radius 1 is 1.28 bits per heavy atom. The van der Waals surface area contributed by atoms with Gasteiger partial charge in [-0.05, 0) is 18.1 Å². The smallest absolute Gasteiger partial charge is 0.259 e. The van der Waals surface area contributed by atoms with Crippen LogP contribution in [0.25, 0.3) is 10.1 Å². The molecule has 6 heteroatoms. The largest absolute Gasteiger partial charge is 0.398 e. The number of hydrogen-bond donors (Lipinski definition) is 4. The van der Waals surface area contributed by atoms with E-state index in [2.05, 4.69) is 0 Å². The highest BCUT2D eigenvalue weighted by atomic mass is 32.1. The Morgan fingerprint density at radius 2 is 2.00 bits per heavy atom. The lowest BCUT2D eigenvalue weighted by Crippen LogP contribution is -2.26. The molecule has 1 aliphatic rings. The Morgan fingerprint density at radius 3 is 2.67 bits per heavy atom. The van der Waals surface area contributed by atoms with Crippen LogP contribution in [0.4, 0.5) is 5.69 Å². The fraction of sp³-hybridized carbons (Fsp3) is 0.250. The van der Waals surface area contributed by atoms with Crippen LogP contribution in [0.1, 0.15) is 39.3 Å². The molecule has 3 rings (SSSR count). The zero-order chi connectivity index (χ0) is 13.0. The first-order valence-corrected chi connectivity index (χ1v) is 6.48. The summed E-state index contributed by atoms with van der Waals surface area (Å²) in [5.74, 6) is -0.456. The van der Waals surface area contributed by atoms with Crippen molar-refractivity contribution < 1.29 is 4.79 Å². The van der Waals surface area contributed by atoms with Crippen molar-refractivity contribution in [2.45, 2.75) is 18.5 Å². The normalized spacial score (nSPS) is 22.3. The highest BCUT2D eigenvalue weighted by molar-refractivity contribution is 7.21. The number of carbonyl (C=O) groups excluding carboxylic acids is 1. The van der Waals surface area contributed by atoms with E-state index in [4.69, 9.17) is 22.9 Å². The lowest BCUT2D eigenvalue weighted by atomic mass is 9.85. The molecule has 8 N–H and O–H groups in total. The van der Waals surface area contributed by atoms with Crippen LogP contribution in [0.2, 0.25) is 0 Å². The fourth-order valence-corrected chi connectivity index (χ4v) is 3.82. The average Bonchev–Trinajstić information content (AvgIpc) is 2.69. The van der Waals surface area contributed by atoms with E-state index in [1.165, 1.54) is 11.3 Å². The minimum absolute atomic E-state index is 0.120. The number of nitrogens with two attached hydrogens (primary N) is 4. The van der Waals surface area contributed by atoms with Crippen molar-refractivity contribution in [3.05, 3.63) is 28.1 Å². The first-order chi connectivity index (χ1) is 8.50. The SMILES string of the molecule is NC(=O)c1sc2c(N)ccc3c2c1C(N)CC3N. The van der Waals surface area contributed by atoms with Crippen LogP contribution < -0.4 is 22.9 Å². The van der Waals surface area contributed by atoms with Gasteiger partial charge in [0.2, 0.25) is 0 Å². The van der Waals surface area contributed by atoms with E-state index < -0.39 is 5.91 Å². The maximum atomic E-state index is 11.5. The Hall–Kier alpha value is -1.63. The number of anilines is 1. The molecule has 0 radical (unpaired) electrons. The molecule has 2 atom stereocenters. The van der Waals surface area contributed by atoms with Crippen LogP contribution >= 0.6 is 11.3 Å². The molecule has 1 heterocycles. The second-order valence-corrected chi connectivity index (χ2v) is 5.63. The molecule has 2 aromatic rings. The second kappa shape index (κ2) is 3.68. The van der Waals surface area contributed by atoms with E-state index in [-0.39, 0.29) is 12.1 Å². The van der Waals surface area contributed by atoms with Gasteiger partial charge in [-0.25, -0.2) is 0 Å². The van der Waals surface area contributed by atoms with E-state index in [1.54, 1.807) is 0 Å².